The third kappa shape index (κ3) is 6.96. The quantitative estimate of drug-likeness (QED) is 0.341. The van der Waals surface area contributed by atoms with Gasteiger partial charge in [-0.2, -0.15) is 0 Å². The molecule has 1 saturated heterocycles. The van der Waals surface area contributed by atoms with Crippen LogP contribution in [0.15, 0.2) is 70.5 Å². The molecule has 0 unspecified atom stereocenters. The van der Waals surface area contributed by atoms with Crippen molar-refractivity contribution in [2.75, 3.05) is 29.6 Å². The van der Waals surface area contributed by atoms with Gasteiger partial charge < -0.3 is 9.64 Å². The molecule has 39 heavy (non-hydrogen) atoms. The van der Waals surface area contributed by atoms with Crippen molar-refractivity contribution in [3.8, 4) is 5.75 Å². The fourth-order valence-corrected chi connectivity index (χ4v) is 6.83. The van der Waals surface area contributed by atoms with Crippen LogP contribution in [0.3, 0.4) is 0 Å². The summed E-state index contributed by atoms with van der Waals surface area (Å²) in [7, 11) is -6.70. The van der Waals surface area contributed by atoms with E-state index in [0.29, 0.717) is 18.1 Å². The van der Waals surface area contributed by atoms with Gasteiger partial charge in [0.25, 0.3) is 26.0 Å². The molecule has 9 nitrogen and oxygen atoms in total. The van der Waals surface area contributed by atoms with Crippen LogP contribution < -0.4 is 14.2 Å². The average molecular weight is 613 g/mol. The zero-order valence-corrected chi connectivity index (χ0v) is 24.1. The van der Waals surface area contributed by atoms with Crippen LogP contribution in [-0.4, -0.2) is 47.8 Å². The van der Waals surface area contributed by atoms with Gasteiger partial charge in [-0.1, -0.05) is 36.0 Å². The molecule has 0 radical (unpaired) electrons. The number of hydrogen-bond acceptors (Lipinski definition) is 6. The molecular weight excluding hydrogens is 585 g/mol. The Morgan fingerprint density at radius 2 is 1.41 bits per heavy atom. The molecular formula is C26H27Cl2N3O6S2. The zero-order chi connectivity index (χ0) is 28.2. The van der Waals surface area contributed by atoms with Gasteiger partial charge in [-0.25, -0.2) is 16.8 Å². The van der Waals surface area contributed by atoms with Gasteiger partial charge in [-0.3, -0.25) is 14.2 Å². The normalized spacial score (nSPS) is 14.4. The molecule has 0 atom stereocenters. The van der Waals surface area contributed by atoms with Crippen LogP contribution >= 0.6 is 23.2 Å². The molecule has 1 fully saturated rings. The number of ether oxygens (including phenoxy) is 1. The SMILES string of the molecule is COc1ccc(S(=O)(=O)Nc2ccc(S(=O)(=O)Nc3ccc(Cl)cc3Cl)cc2)cc1C(=O)N1CCCCCC1. The minimum Gasteiger partial charge on any atom is -0.496 e. The van der Waals surface area contributed by atoms with Crippen LogP contribution in [-0.2, 0) is 20.0 Å². The third-order valence-electron chi connectivity index (χ3n) is 6.20. The number of benzene rings is 3. The fraction of sp³-hybridized carbons (Fsp3) is 0.269. The highest BCUT2D eigenvalue weighted by Gasteiger charge is 2.24. The number of carbonyl (C=O) groups excluding carboxylic acids is 1. The average Bonchev–Trinajstić information content (AvgIpc) is 3.19. The van der Waals surface area contributed by atoms with E-state index in [1.165, 1.54) is 67.8 Å². The Balaban J connectivity index is 1.53. The van der Waals surface area contributed by atoms with Crippen molar-refractivity contribution < 1.29 is 26.4 Å². The number of halogens is 2. The summed E-state index contributed by atoms with van der Waals surface area (Å²) in [6, 6.07) is 13.6. The van der Waals surface area contributed by atoms with Crippen LogP contribution in [0.4, 0.5) is 11.4 Å². The van der Waals surface area contributed by atoms with E-state index in [0.717, 1.165) is 25.7 Å². The molecule has 4 rings (SSSR count). The molecule has 208 valence electrons. The van der Waals surface area contributed by atoms with Gasteiger partial charge in [0.05, 0.1) is 33.2 Å². The lowest BCUT2D eigenvalue weighted by molar-refractivity contribution is 0.0758. The lowest BCUT2D eigenvalue weighted by Gasteiger charge is -2.22. The molecule has 3 aromatic carbocycles. The van der Waals surface area contributed by atoms with Crippen molar-refractivity contribution in [3.63, 3.8) is 0 Å². The standard InChI is InChI=1S/C26H27Cl2N3O6S2/c1-37-25-13-11-21(17-22(25)26(32)31-14-4-2-3-5-15-31)39(35,36)29-19-7-9-20(10-8-19)38(33,34)30-24-12-6-18(27)16-23(24)28/h6-13,16-17,29-30H,2-5,14-15H2,1H3. The monoisotopic (exact) mass is 611 g/mol. The number of hydrogen-bond donors (Lipinski definition) is 2. The molecule has 3 aromatic rings. The summed E-state index contributed by atoms with van der Waals surface area (Å²) in [5, 5.41) is 0.485. The molecule has 13 heteroatoms. The lowest BCUT2D eigenvalue weighted by atomic mass is 10.1. The van der Waals surface area contributed by atoms with Crippen molar-refractivity contribution in [3.05, 3.63) is 76.3 Å². The predicted molar refractivity (Wildman–Crippen MR) is 152 cm³/mol. The largest absolute Gasteiger partial charge is 0.496 e. The van der Waals surface area contributed by atoms with Crippen LogP contribution in [0.5, 0.6) is 5.75 Å². The van der Waals surface area contributed by atoms with Crippen molar-refractivity contribution in [2.24, 2.45) is 0 Å². The summed E-state index contributed by atoms with van der Waals surface area (Å²) >= 11 is 11.9. The summed E-state index contributed by atoms with van der Waals surface area (Å²) in [4.78, 5) is 14.7. The maximum absolute atomic E-state index is 13.2. The van der Waals surface area contributed by atoms with E-state index < -0.39 is 20.0 Å². The van der Waals surface area contributed by atoms with Crippen molar-refractivity contribution in [1.29, 1.82) is 0 Å². The Kier molecular flexibility index (Phi) is 8.95. The first kappa shape index (κ1) is 29.0. The first-order chi connectivity index (χ1) is 18.5. The maximum atomic E-state index is 13.2. The van der Waals surface area contributed by atoms with Gasteiger partial charge in [0.15, 0.2) is 0 Å². The molecule has 0 spiro atoms. The van der Waals surface area contributed by atoms with E-state index in [1.807, 2.05) is 0 Å². The summed E-state index contributed by atoms with van der Waals surface area (Å²) in [6.07, 6.45) is 3.87. The summed E-state index contributed by atoms with van der Waals surface area (Å²) in [6.45, 7) is 1.21. The smallest absolute Gasteiger partial charge is 0.261 e. The second kappa shape index (κ2) is 12.0. The number of methoxy groups -OCH3 is 1. The Morgan fingerprint density at radius 1 is 0.795 bits per heavy atom. The van der Waals surface area contributed by atoms with E-state index in [4.69, 9.17) is 27.9 Å². The molecule has 0 saturated carbocycles. The van der Waals surface area contributed by atoms with Gasteiger partial charge in [-0.15, -0.1) is 0 Å². The highest BCUT2D eigenvalue weighted by atomic mass is 35.5. The summed E-state index contributed by atoms with van der Waals surface area (Å²) in [5.74, 6) is -0.000280. The lowest BCUT2D eigenvalue weighted by Crippen LogP contribution is -2.32. The highest BCUT2D eigenvalue weighted by molar-refractivity contribution is 7.93. The predicted octanol–water partition coefficient (Wildman–Crippen LogP) is 5.62. The minimum absolute atomic E-state index is 0.105. The molecule has 1 heterocycles. The van der Waals surface area contributed by atoms with E-state index in [9.17, 15) is 21.6 Å². The van der Waals surface area contributed by atoms with Gasteiger partial charge in [0.1, 0.15) is 5.75 Å². The first-order valence-electron chi connectivity index (χ1n) is 12.1. The Labute approximate surface area is 238 Å². The Morgan fingerprint density at radius 3 is 2.03 bits per heavy atom. The number of nitrogens with one attached hydrogen (secondary N) is 2. The number of amides is 1. The Hall–Kier alpha value is -2.99. The molecule has 0 bridgehead atoms. The van der Waals surface area contributed by atoms with E-state index in [2.05, 4.69) is 9.44 Å². The molecule has 0 aliphatic carbocycles. The molecule has 0 aromatic heterocycles. The second-order valence-electron chi connectivity index (χ2n) is 8.93. The van der Waals surface area contributed by atoms with Gasteiger partial charge in [0.2, 0.25) is 0 Å². The number of sulfonamides is 2. The van der Waals surface area contributed by atoms with Crippen LogP contribution in [0.1, 0.15) is 36.0 Å². The van der Waals surface area contributed by atoms with Gasteiger partial charge in [-0.05, 0) is 73.5 Å². The summed E-state index contributed by atoms with van der Waals surface area (Å²) in [5.41, 5.74) is 0.446. The minimum atomic E-state index is -4.11. The van der Waals surface area contributed by atoms with Gasteiger partial charge >= 0.3 is 0 Å². The van der Waals surface area contributed by atoms with Crippen molar-refractivity contribution in [1.82, 2.24) is 4.90 Å². The van der Waals surface area contributed by atoms with E-state index in [-0.39, 0.29) is 43.4 Å². The second-order valence-corrected chi connectivity index (χ2v) is 13.1. The van der Waals surface area contributed by atoms with Crippen LogP contribution in [0.25, 0.3) is 0 Å². The number of rotatable bonds is 8. The summed E-state index contributed by atoms with van der Waals surface area (Å²) < 4.78 is 62.0. The topological polar surface area (TPSA) is 122 Å². The first-order valence-corrected chi connectivity index (χ1v) is 15.8. The maximum Gasteiger partial charge on any atom is 0.261 e. The van der Waals surface area contributed by atoms with E-state index in [1.54, 1.807) is 4.90 Å². The Bertz CT molecular complexity index is 1570. The van der Waals surface area contributed by atoms with Gasteiger partial charge in [0, 0.05) is 23.8 Å². The third-order valence-corrected chi connectivity index (χ3v) is 9.51. The van der Waals surface area contributed by atoms with Crippen molar-refractivity contribution in [2.45, 2.75) is 35.5 Å². The van der Waals surface area contributed by atoms with E-state index >= 15 is 0 Å². The molecule has 1 aliphatic rings. The fourth-order valence-electron chi connectivity index (χ4n) is 4.16. The highest BCUT2D eigenvalue weighted by Crippen LogP contribution is 2.29. The number of anilines is 2. The number of carbonyl (C=O) groups is 1. The van der Waals surface area contributed by atoms with Crippen LogP contribution in [0, 0.1) is 0 Å². The molecule has 2 N–H and O–H groups in total. The van der Waals surface area contributed by atoms with Crippen LogP contribution in [0.2, 0.25) is 10.0 Å². The van der Waals surface area contributed by atoms with Crippen molar-refractivity contribution >= 4 is 60.5 Å². The molecule has 1 amide bonds. The zero-order valence-electron chi connectivity index (χ0n) is 21.0. The number of likely N-dealkylation sites (tertiary alicyclic amines) is 1. The number of nitrogens with zero attached hydrogens (tertiary/aromatic N) is 1. The molecule has 1 aliphatic heterocycles.